The van der Waals surface area contributed by atoms with E-state index in [2.05, 4.69) is 20.2 Å². The Hall–Kier alpha value is -2.90. The zero-order valence-electron chi connectivity index (χ0n) is 16.3. The van der Waals surface area contributed by atoms with Crippen LogP contribution in [0.25, 0.3) is 28.5 Å². The van der Waals surface area contributed by atoms with Crippen LogP contribution >= 0.6 is 11.6 Å². The van der Waals surface area contributed by atoms with E-state index in [0.29, 0.717) is 28.8 Å². The van der Waals surface area contributed by atoms with E-state index in [1.807, 2.05) is 40.9 Å². The average molecular weight is 421 g/mol. The molecule has 3 aliphatic rings. The van der Waals surface area contributed by atoms with Crippen LogP contribution in [0.3, 0.4) is 0 Å². The van der Waals surface area contributed by atoms with Gasteiger partial charge in [0.1, 0.15) is 17.7 Å². The second kappa shape index (κ2) is 7.11. The number of fused-ring (bicyclic) bond motifs is 4. The van der Waals surface area contributed by atoms with Crippen LogP contribution in [0.4, 0.5) is 5.95 Å². The molecule has 0 amide bonds. The van der Waals surface area contributed by atoms with Gasteiger partial charge in [0.05, 0.1) is 10.7 Å². The van der Waals surface area contributed by atoms with Gasteiger partial charge >= 0.3 is 5.84 Å². The zero-order valence-corrected chi connectivity index (χ0v) is 17.1. The van der Waals surface area contributed by atoms with E-state index >= 15 is 0 Å². The van der Waals surface area contributed by atoms with E-state index in [1.165, 1.54) is 25.9 Å². The SMILES string of the molecule is Clc1ccccc1-c1nc2occn2c1-c1ccnc(N[C@H]2CN3CCC2CC3)n1. The van der Waals surface area contributed by atoms with Gasteiger partial charge in [0.2, 0.25) is 5.95 Å². The number of imidazole rings is 1. The largest absolute Gasteiger partial charge is 0.432 e. The number of oxazole rings is 1. The predicted octanol–water partition coefficient (Wildman–Crippen LogP) is 4.21. The lowest BCUT2D eigenvalue weighted by atomic mass is 9.84. The third kappa shape index (κ3) is 2.97. The number of hydrogen-bond donors (Lipinski definition) is 1. The second-order valence-corrected chi connectivity index (χ2v) is 8.41. The first-order valence-electron chi connectivity index (χ1n) is 10.3. The molecule has 0 aliphatic carbocycles. The molecule has 2 bridgehead atoms. The van der Waals surface area contributed by atoms with E-state index < -0.39 is 0 Å². The van der Waals surface area contributed by atoms with Gasteiger partial charge in [-0.3, -0.25) is 4.40 Å². The summed E-state index contributed by atoms with van der Waals surface area (Å²) in [5.74, 6) is 1.84. The van der Waals surface area contributed by atoms with Gasteiger partial charge in [-0.05, 0) is 44.0 Å². The molecule has 7 rings (SSSR count). The highest BCUT2D eigenvalue weighted by Gasteiger charge is 2.34. The lowest BCUT2D eigenvalue weighted by Crippen LogP contribution is -2.53. The first kappa shape index (κ1) is 17.9. The molecule has 3 fully saturated rings. The van der Waals surface area contributed by atoms with Crippen LogP contribution in [0.2, 0.25) is 5.02 Å². The number of benzene rings is 1. The summed E-state index contributed by atoms with van der Waals surface area (Å²) in [5, 5.41) is 4.22. The van der Waals surface area contributed by atoms with Crippen LogP contribution in [0.1, 0.15) is 12.8 Å². The van der Waals surface area contributed by atoms with Crippen LogP contribution in [-0.2, 0) is 0 Å². The second-order valence-electron chi connectivity index (χ2n) is 8.00. The van der Waals surface area contributed by atoms with Crippen molar-refractivity contribution in [3.8, 4) is 22.6 Å². The summed E-state index contributed by atoms with van der Waals surface area (Å²) in [5.41, 5.74) is 3.20. The van der Waals surface area contributed by atoms with Crippen molar-refractivity contribution < 1.29 is 4.42 Å². The Morgan fingerprint density at radius 2 is 1.97 bits per heavy atom. The van der Waals surface area contributed by atoms with Gasteiger partial charge < -0.3 is 14.6 Å². The highest BCUT2D eigenvalue weighted by atomic mass is 35.5. The van der Waals surface area contributed by atoms with Gasteiger partial charge in [-0.25, -0.2) is 9.97 Å². The molecule has 1 atom stereocenters. The standard InChI is InChI=1S/C22H21ClN6O/c23-16-4-2-1-3-15(16)19-20(29-11-12-30-22(29)27-19)17-5-8-24-21(25-17)26-18-13-28-9-6-14(18)7-10-28/h1-5,8,11-12,14,18H,6-7,9-10,13H2,(H,24,25,26)/t18-/m0/s1. The van der Waals surface area contributed by atoms with Crippen molar-refractivity contribution in [3.05, 3.63) is 54.0 Å². The maximum Gasteiger partial charge on any atom is 0.306 e. The average Bonchev–Trinajstić information content (AvgIpc) is 3.36. The van der Waals surface area contributed by atoms with Crippen molar-refractivity contribution in [1.29, 1.82) is 0 Å². The quantitative estimate of drug-likeness (QED) is 0.533. The van der Waals surface area contributed by atoms with E-state index in [4.69, 9.17) is 21.0 Å². The first-order valence-corrected chi connectivity index (χ1v) is 10.7. The molecule has 1 N–H and O–H groups in total. The Morgan fingerprint density at radius 1 is 1.10 bits per heavy atom. The highest BCUT2D eigenvalue weighted by molar-refractivity contribution is 6.33. The van der Waals surface area contributed by atoms with Crippen molar-refractivity contribution in [3.63, 3.8) is 0 Å². The molecule has 0 saturated carbocycles. The number of aromatic nitrogens is 4. The number of nitrogens with one attached hydrogen (secondary N) is 1. The molecule has 0 radical (unpaired) electrons. The maximum absolute atomic E-state index is 6.48. The van der Waals surface area contributed by atoms with Crippen LogP contribution in [0.5, 0.6) is 0 Å². The number of piperidine rings is 3. The summed E-state index contributed by atoms with van der Waals surface area (Å²) in [6.07, 6.45) is 7.75. The molecule has 152 valence electrons. The predicted molar refractivity (Wildman–Crippen MR) is 116 cm³/mol. The van der Waals surface area contributed by atoms with Crippen molar-refractivity contribution in [2.45, 2.75) is 18.9 Å². The van der Waals surface area contributed by atoms with Crippen molar-refractivity contribution >= 4 is 23.4 Å². The number of halogens is 1. The van der Waals surface area contributed by atoms with Crippen LogP contribution in [-0.4, -0.2) is 49.9 Å². The summed E-state index contributed by atoms with van der Waals surface area (Å²) >= 11 is 6.48. The smallest absolute Gasteiger partial charge is 0.306 e. The molecule has 4 aromatic rings. The van der Waals surface area contributed by atoms with E-state index in [-0.39, 0.29) is 0 Å². The Bertz CT molecular complexity index is 1210. The maximum atomic E-state index is 6.48. The van der Waals surface area contributed by atoms with Gasteiger partial charge in [0.15, 0.2) is 0 Å². The van der Waals surface area contributed by atoms with Crippen molar-refractivity contribution in [2.24, 2.45) is 5.92 Å². The fraction of sp³-hybridized carbons (Fsp3) is 0.318. The molecule has 0 unspecified atom stereocenters. The third-order valence-electron chi connectivity index (χ3n) is 6.26. The minimum Gasteiger partial charge on any atom is -0.432 e. The third-order valence-corrected chi connectivity index (χ3v) is 6.59. The molecular weight excluding hydrogens is 400 g/mol. The van der Waals surface area contributed by atoms with Crippen LogP contribution in [0.15, 0.2) is 53.4 Å². The normalized spacial score (nSPS) is 23.2. The molecule has 3 saturated heterocycles. The van der Waals surface area contributed by atoms with Crippen molar-refractivity contribution in [1.82, 2.24) is 24.3 Å². The summed E-state index contributed by atoms with van der Waals surface area (Å²) in [6.45, 7) is 3.47. The summed E-state index contributed by atoms with van der Waals surface area (Å²) < 4.78 is 7.45. The minimum atomic E-state index is 0.394. The number of anilines is 1. The molecule has 3 aliphatic heterocycles. The van der Waals surface area contributed by atoms with E-state index in [9.17, 15) is 0 Å². The van der Waals surface area contributed by atoms with Crippen LogP contribution < -0.4 is 5.32 Å². The fourth-order valence-corrected chi connectivity index (χ4v) is 4.95. The number of rotatable bonds is 4. The van der Waals surface area contributed by atoms with Gasteiger partial charge in [-0.15, -0.1) is 0 Å². The molecular formula is C22H21ClN6O. The summed E-state index contributed by atoms with van der Waals surface area (Å²) in [7, 11) is 0. The van der Waals surface area contributed by atoms with E-state index in [0.717, 1.165) is 29.2 Å². The van der Waals surface area contributed by atoms with Gasteiger partial charge in [-0.1, -0.05) is 29.8 Å². The van der Waals surface area contributed by atoms with Crippen LogP contribution in [0, 0.1) is 5.92 Å². The lowest BCUT2D eigenvalue weighted by molar-refractivity contribution is 0.0972. The molecule has 8 heteroatoms. The molecule has 0 spiro atoms. The zero-order chi connectivity index (χ0) is 20.1. The molecule has 1 aromatic carbocycles. The lowest BCUT2D eigenvalue weighted by Gasteiger charge is -2.44. The Kier molecular flexibility index (Phi) is 4.24. The monoisotopic (exact) mass is 420 g/mol. The summed E-state index contributed by atoms with van der Waals surface area (Å²) in [4.78, 5) is 16.5. The van der Waals surface area contributed by atoms with Gasteiger partial charge in [0.25, 0.3) is 0 Å². The molecule has 7 nitrogen and oxygen atoms in total. The Balaban J connectivity index is 1.41. The highest BCUT2D eigenvalue weighted by Crippen LogP contribution is 2.36. The number of nitrogens with zero attached hydrogens (tertiary/aromatic N) is 5. The topological polar surface area (TPSA) is 71.5 Å². The van der Waals surface area contributed by atoms with Gasteiger partial charge in [-0.2, -0.15) is 4.98 Å². The molecule has 30 heavy (non-hydrogen) atoms. The Morgan fingerprint density at radius 3 is 2.77 bits per heavy atom. The Labute approximate surface area is 178 Å². The molecule has 3 aromatic heterocycles. The van der Waals surface area contributed by atoms with Gasteiger partial charge in [0, 0.05) is 30.5 Å². The minimum absolute atomic E-state index is 0.394. The van der Waals surface area contributed by atoms with E-state index in [1.54, 1.807) is 12.5 Å². The summed E-state index contributed by atoms with van der Waals surface area (Å²) in [6, 6.07) is 9.98. The first-order chi connectivity index (χ1) is 14.8. The van der Waals surface area contributed by atoms with Crippen molar-refractivity contribution in [2.75, 3.05) is 25.0 Å². The fourth-order valence-electron chi connectivity index (χ4n) is 4.73. The molecule has 6 heterocycles. The number of hydrogen-bond acceptors (Lipinski definition) is 6.